The van der Waals surface area contributed by atoms with E-state index in [0.717, 1.165) is 5.56 Å². The van der Waals surface area contributed by atoms with Gasteiger partial charge in [-0.05, 0) is 36.2 Å². The van der Waals surface area contributed by atoms with E-state index in [4.69, 9.17) is 23.2 Å². The van der Waals surface area contributed by atoms with Crippen LogP contribution < -0.4 is 4.90 Å². The van der Waals surface area contributed by atoms with Crippen LogP contribution in [0.25, 0.3) is 0 Å². The lowest BCUT2D eigenvalue weighted by Gasteiger charge is -2.21. The van der Waals surface area contributed by atoms with Crippen molar-refractivity contribution in [2.24, 2.45) is 0 Å². The third-order valence-electron chi connectivity index (χ3n) is 3.14. The smallest absolute Gasteiger partial charge is 0.411 e. The predicted octanol–water partition coefficient (Wildman–Crippen LogP) is 5.19. The monoisotopic (exact) mass is 323 g/mol. The van der Waals surface area contributed by atoms with Gasteiger partial charge in [-0.15, -0.1) is 11.6 Å². The number of hydrogen-bond donors (Lipinski definition) is 1. The van der Waals surface area contributed by atoms with Crippen LogP contribution in [0.5, 0.6) is 0 Å². The maximum atomic E-state index is 11.4. The van der Waals surface area contributed by atoms with E-state index < -0.39 is 6.09 Å². The standard InChI is InChI=1S/C16H15Cl2NO2/c17-13-6-8-14(9-7-13)19(16(20)21)11-10-15(18)12-4-2-1-3-5-12/h1-9,15H,10-11H2,(H,20,21). The lowest BCUT2D eigenvalue weighted by Crippen LogP contribution is -2.30. The molecule has 2 aromatic carbocycles. The molecular weight excluding hydrogens is 309 g/mol. The molecule has 1 unspecified atom stereocenters. The summed E-state index contributed by atoms with van der Waals surface area (Å²) >= 11 is 12.1. The zero-order valence-corrected chi connectivity index (χ0v) is 12.8. The van der Waals surface area contributed by atoms with Crippen molar-refractivity contribution >= 4 is 35.0 Å². The Kier molecular flexibility index (Phi) is 5.48. The van der Waals surface area contributed by atoms with E-state index in [2.05, 4.69) is 0 Å². The van der Waals surface area contributed by atoms with Gasteiger partial charge in [-0.3, -0.25) is 4.90 Å². The van der Waals surface area contributed by atoms with Crippen LogP contribution in [0.15, 0.2) is 54.6 Å². The lowest BCUT2D eigenvalue weighted by molar-refractivity contribution is 0.201. The number of nitrogens with zero attached hydrogens (tertiary/aromatic N) is 1. The Morgan fingerprint density at radius 3 is 2.29 bits per heavy atom. The first-order valence-electron chi connectivity index (χ1n) is 6.53. The molecule has 0 saturated carbocycles. The summed E-state index contributed by atoms with van der Waals surface area (Å²) in [6, 6.07) is 16.3. The number of carboxylic acid groups (broad SMARTS) is 1. The number of anilines is 1. The number of carbonyl (C=O) groups is 1. The molecule has 110 valence electrons. The highest BCUT2D eigenvalue weighted by Gasteiger charge is 2.16. The highest BCUT2D eigenvalue weighted by molar-refractivity contribution is 6.30. The zero-order valence-electron chi connectivity index (χ0n) is 11.2. The molecule has 2 rings (SSSR count). The summed E-state index contributed by atoms with van der Waals surface area (Å²) in [5.74, 6) is 0. The van der Waals surface area contributed by atoms with Gasteiger partial charge in [0.1, 0.15) is 0 Å². The van der Waals surface area contributed by atoms with Gasteiger partial charge in [-0.2, -0.15) is 0 Å². The average Bonchev–Trinajstić information content (AvgIpc) is 2.49. The number of rotatable bonds is 5. The topological polar surface area (TPSA) is 40.5 Å². The minimum atomic E-state index is -1.01. The molecule has 0 bridgehead atoms. The van der Waals surface area contributed by atoms with Crippen molar-refractivity contribution in [2.75, 3.05) is 11.4 Å². The van der Waals surface area contributed by atoms with E-state index in [1.165, 1.54) is 4.90 Å². The Morgan fingerprint density at radius 2 is 1.71 bits per heavy atom. The molecule has 3 nitrogen and oxygen atoms in total. The molecule has 0 aliphatic heterocycles. The minimum Gasteiger partial charge on any atom is -0.465 e. The van der Waals surface area contributed by atoms with Crippen LogP contribution in [0.1, 0.15) is 17.4 Å². The Hall–Kier alpha value is -1.71. The number of alkyl halides is 1. The number of amides is 1. The van der Waals surface area contributed by atoms with E-state index in [1.807, 2.05) is 30.3 Å². The number of benzene rings is 2. The van der Waals surface area contributed by atoms with Gasteiger partial charge < -0.3 is 5.11 Å². The summed E-state index contributed by atoms with van der Waals surface area (Å²) in [5, 5.41) is 9.68. The molecule has 1 atom stereocenters. The Balaban J connectivity index is 2.04. The quantitative estimate of drug-likeness (QED) is 0.769. The van der Waals surface area contributed by atoms with Crippen molar-refractivity contribution in [1.82, 2.24) is 0 Å². The first kappa shape index (κ1) is 15.7. The third-order valence-corrected chi connectivity index (χ3v) is 3.86. The molecule has 0 radical (unpaired) electrons. The molecular formula is C16H15Cl2NO2. The second-order valence-corrected chi connectivity index (χ2v) is 5.54. The van der Waals surface area contributed by atoms with E-state index in [-0.39, 0.29) is 5.38 Å². The molecule has 0 aromatic heterocycles. The van der Waals surface area contributed by atoms with E-state index >= 15 is 0 Å². The fourth-order valence-corrected chi connectivity index (χ4v) is 2.40. The summed E-state index contributed by atoms with van der Waals surface area (Å²) in [5.41, 5.74) is 1.57. The second-order valence-electron chi connectivity index (χ2n) is 4.58. The van der Waals surface area contributed by atoms with Crippen molar-refractivity contribution in [3.63, 3.8) is 0 Å². The molecule has 1 N–H and O–H groups in total. The van der Waals surface area contributed by atoms with Gasteiger partial charge in [0.2, 0.25) is 0 Å². The van der Waals surface area contributed by atoms with Crippen molar-refractivity contribution in [3.8, 4) is 0 Å². The van der Waals surface area contributed by atoms with Gasteiger partial charge in [0.15, 0.2) is 0 Å². The molecule has 0 aliphatic carbocycles. The van der Waals surface area contributed by atoms with Crippen LogP contribution in [0, 0.1) is 0 Å². The number of halogens is 2. The van der Waals surface area contributed by atoms with Crippen LogP contribution in [0.4, 0.5) is 10.5 Å². The van der Waals surface area contributed by atoms with Crippen LogP contribution in [0.3, 0.4) is 0 Å². The summed E-state index contributed by atoms with van der Waals surface area (Å²) < 4.78 is 0. The first-order chi connectivity index (χ1) is 10.1. The highest BCUT2D eigenvalue weighted by atomic mass is 35.5. The van der Waals surface area contributed by atoms with Crippen molar-refractivity contribution in [2.45, 2.75) is 11.8 Å². The van der Waals surface area contributed by atoms with Crippen molar-refractivity contribution in [3.05, 3.63) is 65.2 Å². The summed E-state index contributed by atoms with van der Waals surface area (Å²) in [6.07, 6.45) is -0.477. The predicted molar refractivity (Wildman–Crippen MR) is 86.5 cm³/mol. The van der Waals surface area contributed by atoms with E-state index in [1.54, 1.807) is 24.3 Å². The molecule has 0 spiro atoms. The Labute approximate surface area is 133 Å². The molecule has 0 aliphatic rings. The molecule has 0 saturated heterocycles. The van der Waals surface area contributed by atoms with Gasteiger partial charge in [-0.1, -0.05) is 41.9 Å². The maximum Gasteiger partial charge on any atom is 0.411 e. The fourth-order valence-electron chi connectivity index (χ4n) is 2.03. The van der Waals surface area contributed by atoms with Crippen molar-refractivity contribution < 1.29 is 9.90 Å². The summed E-state index contributed by atoms with van der Waals surface area (Å²) in [7, 11) is 0. The van der Waals surface area contributed by atoms with Crippen LogP contribution in [-0.2, 0) is 0 Å². The van der Waals surface area contributed by atoms with E-state index in [0.29, 0.717) is 23.7 Å². The first-order valence-corrected chi connectivity index (χ1v) is 7.34. The van der Waals surface area contributed by atoms with E-state index in [9.17, 15) is 9.90 Å². The Bertz CT molecular complexity index is 587. The summed E-state index contributed by atoms with van der Waals surface area (Å²) in [6.45, 7) is 0.319. The molecule has 21 heavy (non-hydrogen) atoms. The SMILES string of the molecule is O=C(O)N(CCC(Cl)c1ccccc1)c1ccc(Cl)cc1. The molecule has 5 heteroatoms. The maximum absolute atomic E-state index is 11.4. The van der Waals surface area contributed by atoms with Crippen molar-refractivity contribution in [1.29, 1.82) is 0 Å². The van der Waals surface area contributed by atoms with Gasteiger partial charge in [-0.25, -0.2) is 4.79 Å². The van der Waals surface area contributed by atoms with Crippen LogP contribution in [0.2, 0.25) is 5.02 Å². The number of hydrogen-bond acceptors (Lipinski definition) is 1. The molecule has 0 fully saturated rings. The van der Waals surface area contributed by atoms with Gasteiger partial charge in [0.25, 0.3) is 0 Å². The lowest BCUT2D eigenvalue weighted by atomic mass is 10.1. The fraction of sp³-hybridized carbons (Fsp3) is 0.188. The normalized spacial score (nSPS) is 11.9. The highest BCUT2D eigenvalue weighted by Crippen LogP contribution is 2.26. The third kappa shape index (κ3) is 4.38. The summed E-state index contributed by atoms with van der Waals surface area (Å²) in [4.78, 5) is 12.7. The molecule has 1 amide bonds. The average molecular weight is 324 g/mol. The molecule has 0 heterocycles. The van der Waals surface area contributed by atoms with Gasteiger partial charge in [0, 0.05) is 17.3 Å². The van der Waals surface area contributed by atoms with Gasteiger partial charge in [0.05, 0.1) is 5.38 Å². The largest absolute Gasteiger partial charge is 0.465 e. The molecule has 2 aromatic rings. The second kappa shape index (κ2) is 7.34. The van der Waals surface area contributed by atoms with Crippen LogP contribution >= 0.6 is 23.2 Å². The zero-order chi connectivity index (χ0) is 15.2. The Morgan fingerprint density at radius 1 is 1.10 bits per heavy atom. The van der Waals surface area contributed by atoms with Crippen LogP contribution in [-0.4, -0.2) is 17.7 Å². The minimum absolute atomic E-state index is 0.222. The van der Waals surface area contributed by atoms with Gasteiger partial charge >= 0.3 is 6.09 Å².